The minimum atomic E-state index is -0.200. The van der Waals surface area contributed by atoms with Crippen molar-refractivity contribution in [3.8, 4) is 0 Å². The van der Waals surface area contributed by atoms with Crippen molar-refractivity contribution in [1.82, 2.24) is 14.9 Å². The number of nitrogens with zero attached hydrogens (tertiary/aromatic N) is 3. The van der Waals surface area contributed by atoms with Gasteiger partial charge in [-0.1, -0.05) is 52.3 Å². The van der Waals surface area contributed by atoms with Crippen LogP contribution in [0.15, 0.2) is 83.3 Å². The summed E-state index contributed by atoms with van der Waals surface area (Å²) in [6.45, 7) is 4.32. The summed E-state index contributed by atoms with van der Waals surface area (Å²) < 4.78 is 2.72. The Kier molecular flexibility index (Phi) is 6.89. The standard InChI is InChI=1S/C26H25BrN4O2/c1-18(2)31(21-11-4-3-5-12-21)25(32)17-30-23-14-7-6-13-22(23)29-24(30)16-28-26(33)19-9-8-10-20(27)15-19/h3-15,18H,16-17H2,1-2H3,(H,28,33). The van der Waals surface area contributed by atoms with Gasteiger partial charge in [0.1, 0.15) is 12.4 Å². The molecular formula is C26H25BrN4O2. The minimum absolute atomic E-state index is 0.00522. The van der Waals surface area contributed by atoms with E-state index < -0.39 is 0 Å². The lowest BCUT2D eigenvalue weighted by molar-refractivity contribution is -0.119. The SMILES string of the molecule is CC(C)N(C(=O)Cn1c(CNC(=O)c2cccc(Br)c2)nc2ccccc21)c1ccccc1. The lowest BCUT2D eigenvalue weighted by Crippen LogP contribution is -2.39. The summed E-state index contributed by atoms with van der Waals surface area (Å²) in [6, 6.07) is 24.5. The number of aromatic nitrogens is 2. The molecule has 6 nitrogen and oxygen atoms in total. The first-order chi connectivity index (χ1) is 15.9. The van der Waals surface area contributed by atoms with E-state index >= 15 is 0 Å². The zero-order chi connectivity index (χ0) is 23.4. The van der Waals surface area contributed by atoms with Crippen LogP contribution in [0.3, 0.4) is 0 Å². The highest BCUT2D eigenvalue weighted by Crippen LogP contribution is 2.21. The maximum atomic E-state index is 13.4. The van der Waals surface area contributed by atoms with Crippen molar-refractivity contribution >= 4 is 44.5 Å². The summed E-state index contributed by atoms with van der Waals surface area (Å²) in [5.74, 6) is 0.387. The van der Waals surface area contributed by atoms with E-state index in [4.69, 9.17) is 4.98 Å². The Morgan fingerprint density at radius 2 is 1.73 bits per heavy atom. The van der Waals surface area contributed by atoms with Gasteiger partial charge < -0.3 is 14.8 Å². The average molecular weight is 505 g/mol. The molecule has 0 radical (unpaired) electrons. The quantitative estimate of drug-likeness (QED) is 0.377. The number of imidazole rings is 1. The van der Waals surface area contributed by atoms with Gasteiger partial charge in [-0.15, -0.1) is 0 Å². The van der Waals surface area contributed by atoms with Crippen molar-refractivity contribution in [3.05, 3.63) is 94.7 Å². The molecule has 1 heterocycles. The molecule has 1 N–H and O–H groups in total. The Morgan fingerprint density at radius 3 is 2.45 bits per heavy atom. The molecule has 0 aliphatic carbocycles. The molecule has 2 amide bonds. The topological polar surface area (TPSA) is 67.2 Å². The fraction of sp³-hybridized carbons (Fsp3) is 0.192. The number of carbonyl (C=O) groups is 2. The van der Waals surface area contributed by atoms with Crippen LogP contribution in [0.5, 0.6) is 0 Å². The lowest BCUT2D eigenvalue weighted by Gasteiger charge is -2.27. The largest absolute Gasteiger partial charge is 0.345 e. The Balaban J connectivity index is 1.61. The van der Waals surface area contributed by atoms with Gasteiger partial charge in [0.2, 0.25) is 5.91 Å². The molecule has 0 aliphatic heterocycles. The number of anilines is 1. The second-order valence-electron chi connectivity index (χ2n) is 7.99. The second kappa shape index (κ2) is 10.0. The number of para-hydroxylation sites is 3. The summed E-state index contributed by atoms with van der Waals surface area (Å²) in [6.07, 6.45) is 0. The molecule has 33 heavy (non-hydrogen) atoms. The third-order valence-corrected chi connectivity index (χ3v) is 5.83. The summed E-state index contributed by atoms with van der Waals surface area (Å²) in [5, 5.41) is 2.93. The van der Waals surface area contributed by atoms with Crippen molar-refractivity contribution in [3.63, 3.8) is 0 Å². The maximum absolute atomic E-state index is 13.4. The number of hydrogen-bond donors (Lipinski definition) is 1. The van der Waals surface area contributed by atoms with E-state index in [-0.39, 0.29) is 30.9 Å². The Hall–Kier alpha value is -3.45. The van der Waals surface area contributed by atoms with E-state index in [0.29, 0.717) is 11.4 Å². The molecule has 0 fully saturated rings. The first-order valence-corrected chi connectivity index (χ1v) is 11.6. The van der Waals surface area contributed by atoms with Crippen LogP contribution in [0.4, 0.5) is 5.69 Å². The van der Waals surface area contributed by atoms with E-state index in [2.05, 4.69) is 21.2 Å². The summed E-state index contributed by atoms with van der Waals surface area (Å²) in [4.78, 5) is 32.6. The molecule has 0 atom stereocenters. The molecule has 4 aromatic rings. The molecule has 3 aromatic carbocycles. The van der Waals surface area contributed by atoms with Gasteiger partial charge in [0.25, 0.3) is 5.91 Å². The van der Waals surface area contributed by atoms with Crippen LogP contribution in [0.1, 0.15) is 30.0 Å². The van der Waals surface area contributed by atoms with Crippen LogP contribution in [-0.4, -0.2) is 27.4 Å². The number of amides is 2. The summed E-state index contributed by atoms with van der Waals surface area (Å²) in [5.41, 5.74) is 3.05. The van der Waals surface area contributed by atoms with Gasteiger partial charge in [-0.3, -0.25) is 9.59 Å². The maximum Gasteiger partial charge on any atom is 0.251 e. The van der Waals surface area contributed by atoms with Crippen LogP contribution in [0, 0.1) is 0 Å². The normalized spacial score (nSPS) is 11.0. The van der Waals surface area contributed by atoms with Crippen LogP contribution >= 0.6 is 15.9 Å². The molecular weight excluding hydrogens is 480 g/mol. The van der Waals surface area contributed by atoms with Crippen molar-refractivity contribution in [2.75, 3.05) is 4.90 Å². The zero-order valence-electron chi connectivity index (χ0n) is 18.5. The number of hydrogen-bond acceptors (Lipinski definition) is 3. The average Bonchev–Trinajstić information content (AvgIpc) is 3.15. The Labute approximate surface area is 201 Å². The van der Waals surface area contributed by atoms with Crippen molar-refractivity contribution in [2.45, 2.75) is 33.0 Å². The minimum Gasteiger partial charge on any atom is -0.345 e. The van der Waals surface area contributed by atoms with Gasteiger partial charge in [0, 0.05) is 21.8 Å². The number of carbonyl (C=O) groups excluding carboxylic acids is 2. The molecule has 168 valence electrons. The molecule has 7 heteroatoms. The van der Waals surface area contributed by atoms with E-state index in [1.54, 1.807) is 17.0 Å². The van der Waals surface area contributed by atoms with Crippen molar-refractivity contribution < 1.29 is 9.59 Å². The summed E-state index contributed by atoms with van der Waals surface area (Å²) in [7, 11) is 0. The first kappa shape index (κ1) is 22.7. The second-order valence-corrected chi connectivity index (χ2v) is 8.90. The van der Waals surface area contributed by atoms with Crippen molar-refractivity contribution in [2.24, 2.45) is 0 Å². The van der Waals surface area contributed by atoms with Crippen LogP contribution in [0.25, 0.3) is 11.0 Å². The smallest absolute Gasteiger partial charge is 0.251 e. The highest BCUT2D eigenvalue weighted by Gasteiger charge is 2.22. The number of fused-ring (bicyclic) bond motifs is 1. The van der Waals surface area contributed by atoms with E-state index in [1.165, 1.54) is 0 Å². The molecule has 0 unspecified atom stereocenters. The predicted molar refractivity (Wildman–Crippen MR) is 134 cm³/mol. The molecule has 0 bridgehead atoms. The van der Waals surface area contributed by atoms with E-state index in [1.807, 2.05) is 85.1 Å². The molecule has 0 saturated carbocycles. The van der Waals surface area contributed by atoms with Gasteiger partial charge in [-0.05, 0) is 56.3 Å². The lowest BCUT2D eigenvalue weighted by atomic mass is 10.2. The van der Waals surface area contributed by atoms with Crippen LogP contribution in [-0.2, 0) is 17.9 Å². The molecule has 0 spiro atoms. The van der Waals surface area contributed by atoms with Gasteiger partial charge in [0.05, 0.1) is 17.6 Å². The Bertz CT molecular complexity index is 1280. The van der Waals surface area contributed by atoms with E-state index in [0.717, 1.165) is 21.2 Å². The molecule has 0 aliphatic rings. The highest BCUT2D eigenvalue weighted by atomic mass is 79.9. The third kappa shape index (κ3) is 5.14. The first-order valence-electron chi connectivity index (χ1n) is 10.8. The number of nitrogens with one attached hydrogen (secondary N) is 1. The van der Waals surface area contributed by atoms with E-state index in [9.17, 15) is 9.59 Å². The molecule has 4 rings (SSSR count). The van der Waals surface area contributed by atoms with Crippen LogP contribution in [0.2, 0.25) is 0 Å². The molecule has 1 aromatic heterocycles. The third-order valence-electron chi connectivity index (χ3n) is 5.34. The van der Waals surface area contributed by atoms with Gasteiger partial charge in [0.15, 0.2) is 0 Å². The number of rotatable bonds is 7. The van der Waals surface area contributed by atoms with Crippen molar-refractivity contribution in [1.29, 1.82) is 0 Å². The summed E-state index contributed by atoms with van der Waals surface area (Å²) >= 11 is 3.39. The van der Waals surface area contributed by atoms with Crippen LogP contribution < -0.4 is 10.2 Å². The molecule has 0 saturated heterocycles. The fourth-order valence-electron chi connectivity index (χ4n) is 3.86. The zero-order valence-corrected chi connectivity index (χ0v) is 20.1. The predicted octanol–water partition coefficient (Wildman–Crippen LogP) is 5.17. The van der Waals surface area contributed by atoms with Gasteiger partial charge in [-0.2, -0.15) is 0 Å². The Morgan fingerprint density at radius 1 is 1.00 bits per heavy atom. The van der Waals surface area contributed by atoms with Gasteiger partial charge in [-0.25, -0.2) is 4.98 Å². The number of halogens is 1. The fourth-order valence-corrected chi connectivity index (χ4v) is 4.26. The highest BCUT2D eigenvalue weighted by molar-refractivity contribution is 9.10. The monoisotopic (exact) mass is 504 g/mol. The number of benzene rings is 3. The van der Waals surface area contributed by atoms with Gasteiger partial charge >= 0.3 is 0 Å².